The molecular weight excluding hydrogens is 290 g/mol. The summed E-state index contributed by atoms with van der Waals surface area (Å²) in [6.45, 7) is 0.0488. The zero-order valence-electron chi connectivity index (χ0n) is 9.58. The molecule has 0 aliphatic heterocycles. The lowest BCUT2D eigenvalue weighted by Gasteiger charge is -2.10. The van der Waals surface area contributed by atoms with E-state index < -0.39 is 5.91 Å². The molecule has 2 rings (SSSR count). The van der Waals surface area contributed by atoms with E-state index in [1.165, 1.54) is 10.2 Å². The average Bonchev–Trinajstić information content (AvgIpc) is 2.82. The Hall–Kier alpha value is -1.70. The molecule has 100 valence electrons. The Morgan fingerprint density at radius 2 is 2.32 bits per heavy atom. The molecule has 0 saturated heterocycles. The van der Waals surface area contributed by atoms with Crippen molar-refractivity contribution in [2.75, 3.05) is 0 Å². The first-order valence-corrected chi connectivity index (χ1v) is 5.99. The number of thiol groups is 1. The van der Waals surface area contributed by atoms with Crippen LogP contribution < -0.4 is 10.2 Å². The van der Waals surface area contributed by atoms with Crippen LogP contribution in [0.3, 0.4) is 0 Å². The second-order valence-electron chi connectivity index (χ2n) is 3.57. The molecule has 0 bridgehead atoms. The molecule has 1 amide bonds. The van der Waals surface area contributed by atoms with Gasteiger partial charge in [-0.05, 0) is 24.9 Å². The molecule has 1 heterocycles. The molecule has 0 unspecified atom stereocenters. The van der Waals surface area contributed by atoms with Crippen LogP contribution in [0.25, 0.3) is 0 Å². The monoisotopic (exact) mass is 299 g/mol. The maximum Gasteiger partial charge on any atom is 0.275 e. The van der Waals surface area contributed by atoms with Crippen molar-refractivity contribution < 1.29 is 14.7 Å². The fraction of sp³-hybridized carbons (Fsp3) is 0.0909. The van der Waals surface area contributed by atoms with Gasteiger partial charge in [0.15, 0.2) is 0 Å². The van der Waals surface area contributed by atoms with Gasteiger partial charge in [0.2, 0.25) is 5.88 Å². The zero-order valence-corrected chi connectivity index (χ0v) is 11.2. The van der Waals surface area contributed by atoms with E-state index in [1.54, 1.807) is 29.9 Å². The van der Waals surface area contributed by atoms with E-state index in [-0.39, 0.29) is 12.2 Å². The van der Waals surface area contributed by atoms with Gasteiger partial charge >= 0.3 is 0 Å². The highest BCUT2D eigenvalue weighted by Gasteiger charge is 2.14. The van der Waals surface area contributed by atoms with E-state index >= 15 is 0 Å². The highest BCUT2D eigenvalue weighted by Crippen LogP contribution is 2.22. The number of ether oxygens (including phenoxy) is 1. The predicted molar refractivity (Wildman–Crippen MR) is 71.6 cm³/mol. The van der Waals surface area contributed by atoms with Gasteiger partial charge in [-0.2, -0.15) is 0 Å². The number of nitrogens with zero attached hydrogens (tertiary/aromatic N) is 2. The summed E-state index contributed by atoms with van der Waals surface area (Å²) < 4.78 is 6.70. The molecule has 0 aliphatic rings. The third-order valence-corrected chi connectivity index (χ3v) is 2.96. The van der Waals surface area contributed by atoms with Crippen LogP contribution in [0.2, 0.25) is 5.02 Å². The lowest BCUT2D eigenvalue weighted by molar-refractivity contribution is 0.0703. The maximum atomic E-state index is 11.5. The van der Waals surface area contributed by atoms with Crippen LogP contribution in [0, 0.1) is 0 Å². The van der Waals surface area contributed by atoms with Crippen molar-refractivity contribution >= 4 is 30.3 Å². The summed E-state index contributed by atoms with van der Waals surface area (Å²) in [5.74, 6) is -0.300. The number of aromatic nitrogens is 2. The Morgan fingerprint density at radius 1 is 1.53 bits per heavy atom. The fourth-order valence-corrected chi connectivity index (χ4v) is 1.88. The van der Waals surface area contributed by atoms with E-state index in [0.29, 0.717) is 16.5 Å². The van der Waals surface area contributed by atoms with Gasteiger partial charge in [0.05, 0.1) is 0 Å². The van der Waals surface area contributed by atoms with Crippen LogP contribution in [-0.4, -0.2) is 20.3 Å². The third-order valence-electron chi connectivity index (χ3n) is 2.38. The summed E-state index contributed by atoms with van der Waals surface area (Å²) in [6.07, 6.45) is 1.60. The molecule has 2 N–H and O–H groups in total. The van der Waals surface area contributed by atoms with Crippen LogP contribution >= 0.6 is 24.4 Å². The van der Waals surface area contributed by atoms with Gasteiger partial charge < -0.3 is 4.74 Å². The van der Waals surface area contributed by atoms with Crippen molar-refractivity contribution in [3.8, 4) is 5.88 Å². The molecule has 2 aromatic rings. The average molecular weight is 300 g/mol. The molecule has 1 aromatic carbocycles. The molecule has 0 saturated carbocycles. The first-order chi connectivity index (χ1) is 9.11. The van der Waals surface area contributed by atoms with Gasteiger partial charge in [-0.1, -0.05) is 17.7 Å². The van der Waals surface area contributed by atoms with Crippen molar-refractivity contribution in [1.82, 2.24) is 14.7 Å². The summed E-state index contributed by atoms with van der Waals surface area (Å²) >= 11 is 10.00. The Balaban J connectivity index is 2.21. The van der Waals surface area contributed by atoms with Crippen molar-refractivity contribution in [2.45, 2.75) is 6.61 Å². The van der Waals surface area contributed by atoms with E-state index in [4.69, 9.17) is 21.5 Å². The highest BCUT2D eigenvalue weighted by atomic mass is 35.5. The number of carbonyl (C=O) groups is 1. The number of nitrogens with one attached hydrogen (secondary N) is 1. The largest absolute Gasteiger partial charge is 0.472 e. The number of hydrogen-bond donors (Lipinski definition) is 3. The van der Waals surface area contributed by atoms with Crippen molar-refractivity contribution in [3.05, 3.63) is 46.6 Å². The number of amides is 1. The molecule has 8 heteroatoms. The van der Waals surface area contributed by atoms with E-state index in [2.05, 4.69) is 17.9 Å². The topological polar surface area (TPSA) is 76.4 Å². The Bertz CT molecular complexity index is 603. The molecule has 6 nitrogen and oxygen atoms in total. The number of carbonyl (C=O) groups excluding carboxylic acids is 1. The maximum absolute atomic E-state index is 11.5. The minimum Gasteiger partial charge on any atom is -0.472 e. The number of hydrogen-bond acceptors (Lipinski definition) is 5. The molecule has 0 atom stereocenters. The standard InChI is InChI=1S/C11H10ClN3O3S/c12-9-3-1-2-7(11(16)14-17)8(9)6-18-10-4-5-15(19)13-10/h1-5,17,19H,6H2,(H,14,16). The zero-order chi connectivity index (χ0) is 13.8. The quantitative estimate of drug-likeness (QED) is 0.458. The first-order valence-electron chi connectivity index (χ1n) is 5.21. The highest BCUT2D eigenvalue weighted by molar-refractivity contribution is 7.78. The summed E-state index contributed by atoms with van der Waals surface area (Å²) in [4.78, 5) is 11.5. The van der Waals surface area contributed by atoms with Crippen LogP contribution in [0.15, 0.2) is 30.5 Å². The van der Waals surface area contributed by atoms with E-state index in [0.717, 1.165) is 0 Å². The smallest absolute Gasteiger partial charge is 0.275 e. The second kappa shape index (κ2) is 5.96. The van der Waals surface area contributed by atoms with Gasteiger partial charge in [0, 0.05) is 28.4 Å². The van der Waals surface area contributed by atoms with Crippen LogP contribution in [0.1, 0.15) is 15.9 Å². The summed E-state index contributed by atoms with van der Waals surface area (Å²) in [5, 5.41) is 13.0. The van der Waals surface area contributed by atoms with Crippen molar-refractivity contribution in [2.24, 2.45) is 0 Å². The number of rotatable bonds is 4. The molecule has 0 fully saturated rings. The first kappa shape index (κ1) is 13.7. The van der Waals surface area contributed by atoms with Crippen molar-refractivity contribution in [1.29, 1.82) is 0 Å². The molecule has 0 spiro atoms. The molecule has 0 radical (unpaired) electrons. The van der Waals surface area contributed by atoms with Crippen LogP contribution in [0.5, 0.6) is 5.88 Å². The Kier molecular flexibility index (Phi) is 4.31. The number of hydroxylamine groups is 1. The van der Waals surface area contributed by atoms with Gasteiger partial charge in [-0.3, -0.25) is 10.0 Å². The lowest BCUT2D eigenvalue weighted by Crippen LogP contribution is -2.21. The molecular formula is C11H10ClN3O3S. The number of halogens is 1. The van der Waals surface area contributed by atoms with Crippen LogP contribution in [-0.2, 0) is 6.61 Å². The fourth-order valence-electron chi connectivity index (χ4n) is 1.50. The van der Waals surface area contributed by atoms with Gasteiger partial charge in [-0.15, -0.1) is 5.10 Å². The Morgan fingerprint density at radius 3 is 2.95 bits per heavy atom. The van der Waals surface area contributed by atoms with Crippen LogP contribution in [0.4, 0.5) is 0 Å². The molecule has 19 heavy (non-hydrogen) atoms. The summed E-state index contributed by atoms with van der Waals surface area (Å²) in [7, 11) is 0. The third kappa shape index (κ3) is 3.19. The summed E-state index contributed by atoms with van der Waals surface area (Å²) in [6, 6.07) is 6.40. The SMILES string of the molecule is O=C(NO)c1cccc(Cl)c1COc1ccn(S)n1. The Labute approximate surface area is 119 Å². The van der Waals surface area contributed by atoms with Crippen molar-refractivity contribution in [3.63, 3.8) is 0 Å². The predicted octanol–water partition coefficient (Wildman–Crippen LogP) is 1.93. The van der Waals surface area contributed by atoms with Gasteiger partial charge in [0.25, 0.3) is 5.91 Å². The van der Waals surface area contributed by atoms with E-state index in [1.807, 2.05) is 0 Å². The lowest BCUT2D eigenvalue weighted by atomic mass is 10.1. The minimum absolute atomic E-state index is 0.0488. The minimum atomic E-state index is -0.652. The molecule has 0 aliphatic carbocycles. The molecule has 1 aromatic heterocycles. The normalized spacial score (nSPS) is 10.3. The van der Waals surface area contributed by atoms with Gasteiger partial charge in [0.1, 0.15) is 6.61 Å². The second-order valence-corrected chi connectivity index (χ2v) is 4.39. The van der Waals surface area contributed by atoms with E-state index in [9.17, 15) is 4.79 Å². The van der Waals surface area contributed by atoms with Gasteiger partial charge in [-0.25, -0.2) is 9.57 Å². The summed E-state index contributed by atoms with van der Waals surface area (Å²) in [5.41, 5.74) is 2.26. The number of benzene rings is 1.